The third-order valence-corrected chi connectivity index (χ3v) is 6.19. The zero-order valence-electron chi connectivity index (χ0n) is 18.5. The van der Waals surface area contributed by atoms with E-state index < -0.39 is 24.0 Å². The Kier molecular flexibility index (Phi) is 7.82. The second-order valence-electron chi connectivity index (χ2n) is 8.20. The molecule has 32 heavy (non-hydrogen) atoms. The van der Waals surface area contributed by atoms with Gasteiger partial charge in [-0.3, -0.25) is 9.63 Å². The van der Waals surface area contributed by atoms with Gasteiger partial charge in [0.05, 0.1) is 37.3 Å². The number of hydrogen-bond acceptors (Lipinski definition) is 8. The molecule has 2 fully saturated rings. The summed E-state index contributed by atoms with van der Waals surface area (Å²) in [5.41, 5.74) is 1.42. The highest BCUT2D eigenvalue weighted by molar-refractivity contribution is 6.00. The van der Waals surface area contributed by atoms with Gasteiger partial charge in [0.2, 0.25) is 5.91 Å². The maximum absolute atomic E-state index is 12.8. The van der Waals surface area contributed by atoms with Crippen molar-refractivity contribution in [2.24, 2.45) is 11.8 Å². The lowest BCUT2D eigenvalue weighted by atomic mass is 9.82. The SMILES string of the molecule is C=CCOC(=O)C1=C(CC2CN(OCC=C)[C@H](COC)C2=C=O)C[C@@H]2[C@@H]([C@@H](C)O)C(=O)N12. The van der Waals surface area contributed by atoms with Crippen LogP contribution in [-0.2, 0) is 28.7 Å². The zero-order chi connectivity index (χ0) is 23.4. The molecule has 9 heteroatoms. The molecule has 3 heterocycles. The molecule has 0 saturated carbocycles. The molecule has 0 bridgehead atoms. The first-order valence-corrected chi connectivity index (χ1v) is 10.6. The summed E-state index contributed by atoms with van der Waals surface area (Å²) in [6.07, 6.45) is 3.05. The van der Waals surface area contributed by atoms with Gasteiger partial charge in [0, 0.05) is 25.1 Å². The molecule has 0 aromatic heterocycles. The number of ether oxygens (including phenoxy) is 2. The van der Waals surface area contributed by atoms with Gasteiger partial charge in [-0.15, -0.1) is 6.58 Å². The number of hydrogen-bond donors (Lipinski definition) is 1. The van der Waals surface area contributed by atoms with Gasteiger partial charge in [-0.05, 0) is 25.3 Å². The molecule has 3 aliphatic heterocycles. The van der Waals surface area contributed by atoms with E-state index in [0.717, 1.165) is 5.57 Å². The molecule has 9 nitrogen and oxygen atoms in total. The number of hydroxylamine groups is 2. The van der Waals surface area contributed by atoms with Gasteiger partial charge in [0.25, 0.3) is 0 Å². The summed E-state index contributed by atoms with van der Waals surface area (Å²) >= 11 is 0. The minimum absolute atomic E-state index is 0.0180. The number of fused-ring (bicyclic) bond motifs is 1. The summed E-state index contributed by atoms with van der Waals surface area (Å²) in [7, 11) is 1.54. The third kappa shape index (κ3) is 4.35. The molecular formula is C23H30N2O7. The second kappa shape index (κ2) is 10.4. The maximum Gasteiger partial charge on any atom is 0.355 e. The summed E-state index contributed by atoms with van der Waals surface area (Å²) < 4.78 is 10.5. The van der Waals surface area contributed by atoms with E-state index in [2.05, 4.69) is 13.2 Å². The largest absolute Gasteiger partial charge is 0.457 e. The Morgan fingerprint density at radius 3 is 2.66 bits per heavy atom. The number of esters is 1. The molecule has 0 radical (unpaired) electrons. The minimum Gasteiger partial charge on any atom is -0.457 e. The Labute approximate surface area is 187 Å². The van der Waals surface area contributed by atoms with E-state index >= 15 is 0 Å². The summed E-state index contributed by atoms with van der Waals surface area (Å²) in [6, 6.07) is -0.693. The molecule has 0 aliphatic carbocycles. The minimum atomic E-state index is -0.820. The van der Waals surface area contributed by atoms with Crippen LogP contribution in [0.2, 0.25) is 0 Å². The van der Waals surface area contributed by atoms with Gasteiger partial charge in [-0.1, -0.05) is 18.7 Å². The molecule has 1 amide bonds. The highest BCUT2D eigenvalue weighted by atomic mass is 16.7. The van der Waals surface area contributed by atoms with Crippen molar-refractivity contribution in [2.45, 2.75) is 38.0 Å². The molecule has 174 valence electrons. The van der Waals surface area contributed by atoms with Gasteiger partial charge in [-0.2, -0.15) is 5.06 Å². The first-order chi connectivity index (χ1) is 15.4. The normalized spacial score (nSPS) is 28.3. The van der Waals surface area contributed by atoms with Crippen LogP contribution < -0.4 is 0 Å². The first-order valence-electron chi connectivity index (χ1n) is 10.6. The molecule has 1 unspecified atom stereocenters. The molecule has 0 aromatic rings. The van der Waals surface area contributed by atoms with Gasteiger partial charge in [0.1, 0.15) is 18.2 Å². The van der Waals surface area contributed by atoms with Gasteiger partial charge in [-0.25, -0.2) is 9.59 Å². The highest BCUT2D eigenvalue weighted by Crippen LogP contribution is 2.47. The van der Waals surface area contributed by atoms with E-state index in [1.807, 2.05) is 5.94 Å². The van der Waals surface area contributed by atoms with E-state index in [-0.39, 0.29) is 43.4 Å². The summed E-state index contributed by atoms with van der Waals surface area (Å²) in [5.74, 6) is 0.312. The Morgan fingerprint density at radius 2 is 2.06 bits per heavy atom. The molecule has 2 saturated heterocycles. The summed E-state index contributed by atoms with van der Waals surface area (Å²) in [4.78, 5) is 44.4. The highest BCUT2D eigenvalue weighted by Gasteiger charge is 2.57. The van der Waals surface area contributed by atoms with Crippen molar-refractivity contribution in [1.29, 1.82) is 0 Å². The quantitative estimate of drug-likeness (QED) is 0.215. The van der Waals surface area contributed by atoms with Crippen molar-refractivity contribution in [3.63, 3.8) is 0 Å². The van der Waals surface area contributed by atoms with Crippen molar-refractivity contribution in [3.8, 4) is 0 Å². The number of aliphatic hydroxyl groups excluding tert-OH is 1. The Hall–Kier alpha value is -2.55. The summed E-state index contributed by atoms with van der Waals surface area (Å²) in [6.45, 7) is 9.72. The first kappa shape index (κ1) is 24.1. The number of carbonyl (C=O) groups excluding carboxylic acids is 3. The van der Waals surface area contributed by atoms with Crippen molar-refractivity contribution in [3.05, 3.63) is 42.2 Å². The Balaban J connectivity index is 1.88. The van der Waals surface area contributed by atoms with Crippen LogP contribution >= 0.6 is 0 Å². The van der Waals surface area contributed by atoms with Crippen LogP contribution in [0.25, 0.3) is 0 Å². The van der Waals surface area contributed by atoms with Crippen molar-refractivity contribution < 1.29 is 33.8 Å². The molecule has 0 spiro atoms. The maximum atomic E-state index is 12.8. The lowest BCUT2D eigenvalue weighted by molar-refractivity contribution is -0.164. The molecule has 0 aromatic carbocycles. The number of amides is 1. The monoisotopic (exact) mass is 446 g/mol. The van der Waals surface area contributed by atoms with Crippen LogP contribution in [0.1, 0.15) is 19.8 Å². The number of methoxy groups -OCH3 is 1. The van der Waals surface area contributed by atoms with E-state index in [1.54, 1.807) is 25.2 Å². The predicted molar refractivity (Wildman–Crippen MR) is 114 cm³/mol. The average Bonchev–Trinajstić information content (AvgIpc) is 3.25. The Bertz CT molecular complexity index is 858. The van der Waals surface area contributed by atoms with Crippen molar-refractivity contribution in [1.82, 2.24) is 9.96 Å². The number of aliphatic hydroxyl groups is 1. The predicted octanol–water partition coefficient (Wildman–Crippen LogP) is 0.794. The van der Waals surface area contributed by atoms with Crippen LogP contribution in [-0.4, -0.2) is 84.6 Å². The van der Waals surface area contributed by atoms with E-state index in [4.69, 9.17) is 14.3 Å². The fourth-order valence-corrected chi connectivity index (χ4v) is 4.85. The molecule has 5 atom stereocenters. The van der Waals surface area contributed by atoms with Crippen LogP contribution in [0.3, 0.4) is 0 Å². The number of rotatable bonds is 11. The van der Waals surface area contributed by atoms with Gasteiger partial charge < -0.3 is 19.5 Å². The molecule has 3 aliphatic rings. The van der Waals surface area contributed by atoms with Crippen molar-refractivity contribution >= 4 is 17.8 Å². The van der Waals surface area contributed by atoms with Gasteiger partial charge in [0.15, 0.2) is 0 Å². The molecule has 1 N–H and O–H groups in total. The van der Waals surface area contributed by atoms with Crippen LogP contribution in [0.15, 0.2) is 42.2 Å². The topological polar surface area (TPSA) is 106 Å². The smallest absolute Gasteiger partial charge is 0.355 e. The van der Waals surface area contributed by atoms with Crippen LogP contribution in [0.5, 0.6) is 0 Å². The molecular weight excluding hydrogens is 416 g/mol. The average molecular weight is 447 g/mol. The van der Waals surface area contributed by atoms with Crippen molar-refractivity contribution in [2.75, 3.05) is 33.5 Å². The Morgan fingerprint density at radius 1 is 1.34 bits per heavy atom. The number of carbonyl (C=O) groups is 2. The third-order valence-electron chi connectivity index (χ3n) is 6.19. The van der Waals surface area contributed by atoms with Crippen LogP contribution in [0.4, 0.5) is 0 Å². The fourth-order valence-electron chi connectivity index (χ4n) is 4.85. The van der Waals surface area contributed by atoms with E-state index in [9.17, 15) is 19.5 Å². The van der Waals surface area contributed by atoms with Gasteiger partial charge >= 0.3 is 5.97 Å². The second-order valence-corrected chi connectivity index (χ2v) is 8.20. The molecule has 3 rings (SSSR count). The van der Waals surface area contributed by atoms with E-state index in [1.165, 1.54) is 11.0 Å². The lowest BCUT2D eigenvalue weighted by Gasteiger charge is -2.44. The van der Waals surface area contributed by atoms with Crippen LogP contribution in [0, 0.1) is 11.8 Å². The fraction of sp³-hybridized carbons (Fsp3) is 0.565. The van der Waals surface area contributed by atoms with E-state index in [0.29, 0.717) is 25.0 Å². The zero-order valence-corrected chi connectivity index (χ0v) is 18.5. The summed E-state index contributed by atoms with van der Waals surface area (Å²) in [5, 5.41) is 11.7. The standard InChI is InChI=1S/C23H30N2O7/c1-5-7-31-23(29)21-15(10-18-20(14(3)27)22(28)25(18)21)9-16-11-24(32-8-6-2)19(13-30-4)17(16)12-26/h5-6,14,16,18-20,27H,1-2,7-11,13H2,3-4H3/t14-,16?,18-,19-,20-/m1/s1. The lowest BCUT2D eigenvalue weighted by Crippen LogP contribution is -2.61. The number of β-lactam (4-membered cyclic amide) rings is 1. The number of nitrogens with zero attached hydrogens (tertiary/aromatic N) is 2.